The third-order valence-electron chi connectivity index (χ3n) is 6.04. The number of piperidine rings is 1. The highest BCUT2D eigenvalue weighted by Gasteiger charge is 2.46. The molecule has 4 heteroatoms. The molecule has 1 aliphatic rings. The van der Waals surface area contributed by atoms with Crippen LogP contribution in [0.25, 0.3) is 0 Å². The third-order valence-corrected chi connectivity index (χ3v) is 6.04. The lowest BCUT2D eigenvalue weighted by Gasteiger charge is -2.42. The van der Waals surface area contributed by atoms with Crippen LogP contribution >= 0.6 is 0 Å². The molecule has 1 N–H and O–H groups in total. The van der Waals surface area contributed by atoms with E-state index < -0.39 is 0 Å². The average Bonchev–Trinajstić information content (AvgIpc) is 2.85. The summed E-state index contributed by atoms with van der Waals surface area (Å²) >= 11 is 0. The molecule has 0 amide bonds. The number of nitrogens with zero attached hydrogens (tertiary/aromatic N) is 2. The van der Waals surface area contributed by atoms with Crippen molar-refractivity contribution in [1.29, 1.82) is 0 Å². The van der Waals surface area contributed by atoms with Gasteiger partial charge in [-0.05, 0) is 34.4 Å². The molecule has 152 valence electrons. The van der Waals surface area contributed by atoms with Crippen LogP contribution in [0.15, 0.2) is 110 Å². The lowest BCUT2D eigenvalue weighted by atomic mass is 9.70. The van der Waals surface area contributed by atoms with Crippen molar-refractivity contribution in [3.63, 3.8) is 0 Å². The van der Waals surface area contributed by atoms with E-state index in [0.717, 1.165) is 22.3 Å². The maximum absolute atomic E-state index is 14.2. The summed E-state index contributed by atoms with van der Waals surface area (Å²) in [5, 5.41) is 3.81. The van der Waals surface area contributed by atoms with Crippen LogP contribution in [0.3, 0.4) is 0 Å². The van der Waals surface area contributed by atoms with E-state index in [1.807, 2.05) is 97.3 Å². The van der Waals surface area contributed by atoms with Gasteiger partial charge >= 0.3 is 0 Å². The van der Waals surface area contributed by atoms with Gasteiger partial charge in [0.1, 0.15) is 0 Å². The van der Waals surface area contributed by atoms with Crippen molar-refractivity contribution in [1.82, 2.24) is 15.3 Å². The van der Waals surface area contributed by atoms with E-state index in [4.69, 9.17) is 0 Å². The number of hydrogen-bond acceptors (Lipinski definition) is 4. The van der Waals surface area contributed by atoms with Crippen LogP contribution in [0.5, 0.6) is 0 Å². The number of carbonyl (C=O) groups excluding carboxylic acids is 1. The molecule has 31 heavy (non-hydrogen) atoms. The molecule has 0 spiro atoms. The summed E-state index contributed by atoms with van der Waals surface area (Å²) in [6.45, 7) is 0. The second kappa shape index (κ2) is 8.62. The Kier molecular flexibility index (Phi) is 5.38. The van der Waals surface area contributed by atoms with Crippen LogP contribution in [-0.2, 0) is 4.79 Å². The Labute approximate surface area is 182 Å². The van der Waals surface area contributed by atoms with Crippen molar-refractivity contribution >= 4 is 5.78 Å². The van der Waals surface area contributed by atoms with Crippen molar-refractivity contribution in [2.75, 3.05) is 0 Å². The lowest BCUT2D eigenvalue weighted by molar-refractivity contribution is -0.125. The number of rotatable bonds is 4. The molecule has 1 saturated heterocycles. The number of Topliss-reactive ketones (excluding diaryl/α,β-unsaturated/α-hetero) is 1. The first kappa shape index (κ1) is 19.3. The molecule has 0 saturated carbocycles. The van der Waals surface area contributed by atoms with E-state index in [-0.39, 0.29) is 29.7 Å². The molecule has 3 heterocycles. The molecule has 2 aromatic heterocycles. The summed E-state index contributed by atoms with van der Waals surface area (Å²) in [6, 6.07) is 27.7. The second-order valence-electron chi connectivity index (χ2n) is 7.87. The van der Waals surface area contributed by atoms with Gasteiger partial charge in [0.05, 0.1) is 11.8 Å². The van der Waals surface area contributed by atoms with E-state index in [0.29, 0.717) is 0 Å². The van der Waals surface area contributed by atoms with Crippen molar-refractivity contribution in [2.45, 2.75) is 23.9 Å². The zero-order valence-electron chi connectivity index (χ0n) is 17.0. The molecule has 1 aliphatic heterocycles. The van der Waals surface area contributed by atoms with Crippen molar-refractivity contribution < 1.29 is 4.79 Å². The van der Waals surface area contributed by atoms with E-state index >= 15 is 0 Å². The number of nitrogens with one attached hydrogen (secondary N) is 1. The number of aromatic nitrogens is 2. The summed E-state index contributed by atoms with van der Waals surface area (Å²) in [6.07, 6.45) is 7.22. The first-order chi connectivity index (χ1) is 15.3. The highest BCUT2D eigenvalue weighted by atomic mass is 16.1. The fraction of sp³-hybridized carbons (Fsp3) is 0.148. The Morgan fingerprint density at radius 3 is 1.35 bits per heavy atom. The van der Waals surface area contributed by atoms with Gasteiger partial charge in [0, 0.05) is 36.9 Å². The zero-order chi connectivity index (χ0) is 21.0. The molecule has 0 bridgehead atoms. The number of pyridine rings is 2. The maximum Gasteiger partial charge on any atom is 0.151 e. The Morgan fingerprint density at radius 1 is 0.548 bits per heavy atom. The Bertz CT molecular complexity index is 1040. The smallest absolute Gasteiger partial charge is 0.151 e. The van der Waals surface area contributed by atoms with Crippen molar-refractivity contribution in [2.24, 2.45) is 0 Å². The predicted molar refractivity (Wildman–Crippen MR) is 120 cm³/mol. The highest BCUT2D eigenvalue weighted by molar-refractivity contribution is 5.94. The van der Waals surface area contributed by atoms with Gasteiger partial charge in [0.15, 0.2) is 5.78 Å². The van der Waals surface area contributed by atoms with Crippen LogP contribution in [0.2, 0.25) is 0 Å². The fourth-order valence-electron chi connectivity index (χ4n) is 4.64. The molecule has 1 fully saturated rings. The number of ketones is 1. The zero-order valence-corrected chi connectivity index (χ0v) is 17.0. The molecule has 4 atom stereocenters. The van der Waals surface area contributed by atoms with E-state index in [1.54, 1.807) is 12.4 Å². The Hall–Kier alpha value is -3.63. The number of benzene rings is 2. The molecular weight excluding hydrogens is 382 g/mol. The van der Waals surface area contributed by atoms with Gasteiger partial charge in [-0.3, -0.25) is 14.8 Å². The molecule has 4 aromatic rings. The van der Waals surface area contributed by atoms with Gasteiger partial charge in [-0.2, -0.15) is 0 Å². The minimum Gasteiger partial charge on any atom is -0.301 e. The summed E-state index contributed by atoms with van der Waals surface area (Å²) in [5.41, 5.74) is 4.04. The SMILES string of the molecule is O=C1[C@H](c2ccccc2)[C@H](c2cccnc2)N[C@H](c2cccnc2)[C@@H]1c1ccccc1. The maximum atomic E-state index is 14.2. The molecule has 4 nitrogen and oxygen atoms in total. The van der Waals surface area contributed by atoms with Gasteiger partial charge in [0.25, 0.3) is 0 Å². The van der Waals surface area contributed by atoms with Gasteiger partial charge in [-0.15, -0.1) is 0 Å². The van der Waals surface area contributed by atoms with Gasteiger partial charge < -0.3 is 5.32 Å². The lowest BCUT2D eigenvalue weighted by Crippen LogP contribution is -2.46. The molecule has 0 unspecified atom stereocenters. The van der Waals surface area contributed by atoms with Crippen molar-refractivity contribution in [3.05, 3.63) is 132 Å². The minimum absolute atomic E-state index is 0.186. The highest BCUT2D eigenvalue weighted by Crippen LogP contribution is 2.46. The summed E-state index contributed by atoms with van der Waals surface area (Å²) in [4.78, 5) is 22.9. The first-order valence-electron chi connectivity index (χ1n) is 10.5. The predicted octanol–water partition coefficient (Wildman–Crippen LogP) is 5.00. The molecule has 2 aromatic carbocycles. The summed E-state index contributed by atoms with van der Waals surface area (Å²) < 4.78 is 0. The number of hydrogen-bond donors (Lipinski definition) is 1. The summed E-state index contributed by atoms with van der Waals surface area (Å²) in [7, 11) is 0. The molecule has 0 aliphatic carbocycles. The summed E-state index contributed by atoms with van der Waals surface area (Å²) in [5.74, 6) is -0.425. The van der Waals surface area contributed by atoms with E-state index in [1.165, 1.54) is 0 Å². The standard InChI is InChI=1S/C27H23N3O/c31-27-23(19-9-3-1-4-10-19)25(21-13-7-15-28-17-21)30-26(22-14-8-16-29-18-22)24(27)20-11-5-2-6-12-20/h1-18,23-26,30H/t23-,24+,25+,26-. The second-order valence-corrected chi connectivity index (χ2v) is 7.87. The minimum atomic E-state index is -0.316. The van der Waals surface area contributed by atoms with Crippen LogP contribution < -0.4 is 5.32 Å². The topological polar surface area (TPSA) is 54.9 Å². The van der Waals surface area contributed by atoms with E-state index in [9.17, 15) is 4.79 Å². The monoisotopic (exact) mass is 405 g/mol. The van der Waals surface area contributed by atoms with Crippen LogP contribution in [0.4, 0.5) is 0 Å². The van der Waals surface area contributed by atoms with Gasteiger partial charge in [-0.1, -0.05) is 72.8 Å². The molecule has 5 rings (SSSR count). The third kappa shape index (κ3) is 3.78. The van der Waals surface area contributed by atoms with Crippen LogP contribution in [0, 0.1) is 0 Å². The normalized spacial score (nSPS) is 23.4. The molecule has 0 radical (unpaired) electrons. The number of carbonyl (C=O) groups is 1. The van der Waals surface area contributed by atoms with Gasteiger partial charge in [0.2, 0.25) is 0 Å². The fourth-order valence-corrected chi connectivity index (χ4v) is 4.64. The molecular formula is C27H23N3O. The van der Waals surface area contributed by atoms with E-state index in [2.05, 4.69) is 15.3 Å². The first-order valence-corrected chi connectivity index (χ1v) is 10.5. The van der Waals surface area contributed by atoms with Crippen molar-refractivity contribution in [3.8, 4) is 0 Å². The average molecular weight is 406 g/mol. The Morgan fingerprint density at radius 2 is 0.968 bits per heavy atom. The van der Waals surface area contributed by atoms with Gasteiger partial charge in [-0.25, -0.2) is 0 Å². The largest absolute Gasteiger partial charge is 0.301 e. The Balaban J connectivity index is 1.67. The van der Waals surface area contributed by atoms with Crippen LogP contribution in [-0.4, -0.2) is 15.8 Å². The van der Waals surface area contributed by atoms with Crippen LogP contribution in [0.1, 0.15) is 46.2 Å². The quantitative estimate of drug-likeness (QED) is 0.519.